The van der Waals surface area contributed by atoms with Crippen molar-refractivity contribution in [2.45, 2.75) is 9.99 Å². The SMILES string of the molecule is O=[N+]([O-])c1ccc2oc(Sc3ccc(Cl)cc3)cc2c1. The van der Waals surface area contributed by atoms with Crippen molar-refractivity contribution in [3.63, 3.8) is 0 Å². The van der Waals surface area contributed by atoms with Gasteiger partial charge in [-0.1, -0.05) is 23.4 Å². The predicted molar refractivity (Wildman–Crippen MR) is 78.4 cm³/mol. The summed E-state index contributed by atoms with van der Waals surface area (Å²) in [5.74, 6) is 0. The van der Waals surface area contributed by atoms with Crippen LogP contribution in [0.15, 0.2) is 62.9 Å². The molecule has 3 aromatic rings. The van der Waals surface area contributed by atoms with Crippen LogP contribution >= 0.6 is 23.4 Å². The van der Waals surface area contributed by atoms with Gasteiger partial charge in [0.15, 0.2) is 5.09 Å². The van der Waals surface area contributed by atoms with Gasteiger partial charge in [0.1, 0.15) is 5.58 Å². The zero-order chi connectivity index (χ0) is 14.1. The average molecular weight is 306 g/mol. The average Bonchev–Trinajstić information content (AvgIpc) is 2.82. The first-order valence-corrected chi connectivity index (χ1v) is 6.93. The lowest BCUT2D eigenvalue weighted by atomic mass is 10.2. The van der Waals surface area contributed by atoms with Crippen molar-refractivity contribution in [2.24, 2.45) is 0 Å². The highest BCUT2D eigenvalue weighted by molar-refractivity contribution is 7.99. The number of nitro groups is 1. The lowest BCUT2D eigenvalue weighted by Gasteiger charge is -1.97. The Labute approximate surface area is 123 Å². The minimum absolute atomic E-state index is 0.0568. The summed E-state index contributed by atoms with van der Waals surface area (Å²) in [7, 11) is 0. The van der Waals surface area contributed by atoms with Crippen LogP contribution in [0, 0.1) is 10.1 Å². The summed E-state index contributed by atoms with van der Waals surface area (Å²) in [4.78, 5) is 11.3. The van der Waals surface area contributed by atoms with E-state index >= 15 is 0 Å². The summed E-state index contributed by atoms with van der Waals surface area (Å²) < 4.78 is 5.64. The molecule has 0 unspecified atom stereocenters. The number of nitro benzene ring substituents is 1. The van der Waals surface area contributed by atoms with Crippen LogP contribution in [-0.2, 0) is 0 Å². The first-order chi connectivity index (χ1) is 9.61. The second-order valence-electron chi connectivity index (χ2n) is 4.10. The second kappa shape index (κ2) is 5.19. The fourth-order valence-electron chi connectivity index (χ4n) is 1.79. The molecule has 4 nitrogen and oxygen atoms in total. The Balaban J connectivity index is 1.92. The van der Waals surface area contributed by atoms with E-state index in [1.807, 2.05) is 12.1 Å². The lowest BCUT2D eigenvalue weighted by Crippen LogP contribution is -1.85. The van der Waals surface area contributed by atoms with Gasteiger partial charge in [0.25, 0.3) is 5.69 Å². The zero-order valence-corrected chi connectivity index (χ0v) is 11.6. The Kier molecular flexibility index (Phi) is 3.38. The molecule has 3 rings (SSSR count). The van der Waals surface area contributed by atoms with Crippen molar-refractivity contribution in [3.05, 3.63) is 63.7 Å². The zero-order valence-electron chi connectivity index (χ0n) is 10.1. The van der Waals surface area contributed by atoms with E-state index in [-0.39, 0.29) is 5.69 Å². The molecule has 0 radical (unpaired) electrons. The second-order valence-corrected chi connectivity index (χ2v) is 5.61. The van der Waals surface area contributed by atoms with Crippen LogP contribution < -0.4 is 0 Å². The first-order valence-electron chi connectivity index (χ1n) is 5.73. The van der Waals surface area contributed by atoms with Crippen LogP contribution in [0.4, 0.5) is 5.69 Å². The fraction of sp³-hybridized carbons (Fsp3) is 0. The Hall–Kier alpha value is -1.98. The number of hydrogen-bond acceptors (Lipinski definition) is 4. The summed E-state index contributed by atoms with van der Waals surface area (Å²) in [6.45, 7) is 0. The quantitative estimate of drug-likeness (QED) is 0.496. The molecule has 0 fully saturated rings. The first kappa shape index (κ1) is 13.0. The maximum atomic E-state index is 10.7. The maximum Gasteiger partial charge on any atom is 0.270 e. The molecular weight excluding hydrogens is 298 g/mol. The van der Waals surface area contributed by atoms with Crippen LogP contribution in [0.25, 0.3) is 11.0 Å². The van der Waals surface area contributed by atoms with Gasteiger partial charge in [0.2, 0.25) is 0 Å². The summed E-state index contributed by atoms with van der Waals surface area (Å²) in [5.41, 5.74) is 0.688. The summed E-state index contributed by atoms with van der Waals surface area (Å²) in [6.07, 6.45) is 0. The number of nitrogens with zero attached hydrogens (tertiary/aromatic N) is 1. The molecule has 1 aromatic heterocycles. The molecule has 20 heavy (non-hydrogen) atoms. The number of halogens is 1. The van der Waals surface area contributed by atoms with Gasteiger partial charge in [-0.3, -0.25) is 10.1 Å². The maximum absolute atomic E-state index is 10.7. The molecule has 100 valence electrons. The van der Waals surface area contributed by atoms with Crippen LogP contribution in [0.5, 0.6) is 0 Å². The monoisotopic (exact) mass is 305 g/mol. The molecule has 6 heteroatoms. The molecule has 0 amide bonds. The Morgan fingerprint density at radius 3 is 2.55 bits per heavy atom. The molecule has 2 aromatic carbocycles. The number of hydrogen-bond donors (Lipinski definition) is 0. The highest BCUT2D eigenvalue weighted by Gasteiger charge is 2.10. The Bertz CT molecular complexity index is 783. The third-order valence-electron chi connectivity index (χ3n) is 2.72. The third-order valence-corrected chi connectivity index (χ3v) is 3.88. The number of non-ortho nitro benzene ring substituents is 1. The number of furan rings is 1. The van der Waals surface area contributed by atoms with Crippen LogP contribution in [0.3, 0.4) is 0 Å². The van der Waals surface area contributed by atoms with Crippen molar-refractivity contribution in [3.8, 4) is 0 Å². The van der Waals surface area contributed by atoms with Gasteiger partial charge < -0.3 is 4.42 Å². The lowest BCUT2D eigenvalue weighted by molar-refractivity contribution is -0.384. The van der Waals surface area contributed by atoms with E-state index in [2.05, 4.69) is 0 Å². The van der Waals surface area contributed by atoms with Crippen LogP contribution in [0.1, 0.15) is 0 Å². The van der Waals surface area contributed by atoms with E-state index in [1.165, 1.54) is 23.9 Å². The molecule has 0 saturated heterocycles. The summed E-state index contributed by atoms with van der Waals surface area (Å²) >= 11 is 7.27. The number of benzene rings is 2. The molecular formula is C14H8ClNO3S. The Morgan fingerprint density at radius 2 is 1.85 bits per heavy atom. The molecule has 0 aliphatic rings. The van der Waals surface area contributed by atoms with Gasteiger partial charge in [-0.15, -0.1) is 0 Å². The van der Waals surface area contributed by atoms with E-state index in [0.717, 1.165) is 10.3 Å². The number of fused-ring (bicyclic) bond motifs is 1. The van der Waals surface area contributed by atoms with Gasteiger partial charge in [0, 0.05) is 27.4 Å². The normalized spacial score (nSPS) is 10.8. The van der Waals surface area contributed by atoms with Crippen molar-refractivity contribution in [1.82, 2.24) is 0 Å². The molecule has 0 bridgehead atoms. The fourth-order valence-corrected chi connectivity index (χ4v) is 2.74. The molecule has 0 atom stereocenters. The van der Waals surface area contributed by atoms with Gasteiger partial charge >= 0.3 is 0 Å². The number of rotatable bonds is 3. The standard InChI is InChI=1S/C14H8ClNO3S/c15-10-1-4-12(5-2-10)20-14-8-9-7-11(16(17)18)3-6-13(9)19-14/h1-8H. The van der Waals surface area contributed by atoms with Crippen molar-refractivity contribution >= 4 is 40.0 Å². The van der Waals surface area contributed by atoms with Gasteiger partial charge in [0.05, 0.1) is 4.92 Å². The molecule has 0 aliphatic carbocycles. The Morgan fingerprint density at radius 1 is 1.10 bits per heavy atom. The van der Waals surface area contributed by atoms with Crippen LogP contribution in [0.2, 0.25) is 5.02 Å². The van der Waals surface area contributed by atoms with Crippen molar-refractivity contribution in [2.75, 3.05) is 0 Å². The van der Waals surface area contributed by atoms with Gasteiger partial charge in [-0.2, -0.15) is 0 Å². The minimum Gasteiger partial charge on any atom is -0.450 e. The van der Waals surface area contributed by atoms with Crippen molar-refractivity contribution < 1.29 is 9.34 Å². The van der Waals surface area contributed by atoms with E-state index in [1.54, 1.807) is 24.3 Å². The van der Waals surface area contributed by atoms with Gasteiger partial charge in [-0.05, 0) is 36.4 Å². The van der Waals surface area contributed by atoms with Crippen molar-refractivity contribution in [1.29, 1.82) is 0 Å². The highest BCUT2D eigenvalue weighted by atomic mass is 35.5. The topological polar surface area (TPSA) is 56.3 Å². The van der Waals surface area contributed by atoms with E-state index < -0.39 is 4.92 Å². The van der Waals surface area contributed by atoms with E-state index in [9.17, 15) is 10.1 Å². The molecule has 0 N–H and O–H groups in total. The van der Waals surface area contributed by atoms with E-state index in [0.29, 0.717) is 15.7 Å². The smallest absolute Gasteiger partial charge is 0.270 e. The molecule has 0 spiro atoms. The molecule has 0 saturated carbocycles. The highest BCUT2D eigenvalue weighted by Crippen LogP contribution is 2.34. The summed E-state index contributed by atoms with van der Waals surface area (Å²) in [6, 6.07) is 13.7. The predicted octanol–water partition coefficient (Wildman–Crippen LogP) is 5.15. The molecule has 1 heterocycles. The van der Waals surface area contributed by atoms with Crippen LogP contribution in [-0.4, -0.2) is 4.92 Å². The van der Waals surface area contributed by atoms with Gasteiger partial charge in [-0.25, -0.2) is 0 Å². The van der Waals surface area contributed by atoms with E-state index in [4.69, 9.17) is 16.0 Å². The third kappa shape index (κ3) is 2.64. The minimum atomic E-state index is -0.418. The molecule has 0 aliphatic heterocycles. The summed E-state index contributed by atoms with van der Waals surface area (Å²) in [5, 5.41) is 12.8. The largest absolute Gasteiger partial charge is 0.450 e.